The Morgan fingerprint density at radius 2 is 1.88 bits per heavy atom. The van der Waals surface area contributed by atoms with E-state index in [-0.39, 0.29) is 6.61 Å². The Labute approximate surface area is 98.7 Å². The van der Waals surface area contributed by atoms with Crippen molar-refractivity contribution in [2.24, 2.45) is 5.41 Å². The molecule has 0 radical (unpaired) electrons. The third kappa shape index (κ3) is 5.29. The highest BCUT2D eigenvalue weighted by Gasteiger charge is 2.08. The smallest absolute Gasteiger partial charge is 0.0681 e. The van der Waals surface area contributed by atoms with Crippen LogP contribution in [0.1, 0.15) is 38.3 Å². The third-order valence-corrected chi connectivity index (χ3v) is 2.55. The van der Waals surface area contributed by atoms with E-state index in [4.69, 9.17) is 5.11 Å². The fourth-order valence-corrected chi connectivity index (χ4v) is 1.53. The van der Waals surface area contributed by atoms with Gasteiger partial charge in [0.15, 0.2) is 0 Å². The second-order valence-electron chi connectivity index (χ2n) is 5.47. The summed E-state index contributed by atoms with van der Waals surface area (Å²) in [5, 5.41) is 12.4. The van der Waals surface area contributed by atoms with E-state index in [1.54, 1.807) is 0 Å². The number of benzene rings is 1. The van der Waals surface area contributed by atoms with Crippen molar-refractivity contribution in [2.75, 3.05) is 6.54 Å². The van der Waals surface area contributed by atoms with Crippen molar-refractivity contribution < 1.29 is 5.11 Å². The first kappa shape index (κ1) is 13.2. The van der Waals surface area contributed by atoms with Crippen LogP contribution in [0.4, 0.5) is 0 Å². The number of aliphatic hydroxyl groups is 1. The van der Waals surface area contributed by atoms with Crippen LogP contribution in [0.5, 0.6) is 0 Å². The van der Waals surface area contributed by atoms with E-state index in [2.05, 4.69) is 32.2 Å². The first-order chi connectivity index (χ1) is 7.51. The lowest BCUT2D eigenvalue weighted by Gasteiger charge is -2.18. The molecular weight excluding hydrogens is 198 g/mol. The number of hydrogen-bond acceptors (Lipinski definition) is 2. The first-order valence-corrected chi connectivity index (χ1v) is 5.91. The molecule has 2 heteroatoms. The molecule has 0 aliphatic rings. The molecule has 0 aliphatic carbocycles. The van der Waals surface area contributed by atoms with Crippen LogP contribution >= 0.6 is 0 Å². The lowest BCUT2D eigenvalue weighted by atomic mass is 9.92. The molecule has 0 atom stereocenters. The molecule has 90 valence electrons. The Bertz CT molecular complexity index is 315. The van der Waals surface area contributed by atoms with E-state index < -0.39 is 0 Å². The van der Waals surface area contributed by atoms with Crippen LogP contribution in [0.15, 0.2) is 24.3 Å². The highest BCUT2D eigenvalue weighted by Crippen LogP contribution is 2.17. The summed E-state index contributed by atoms with van der Waals surface area (Å²) in [7, 11) is 0. The van der Waals surface area contributed by atoms with Crippen LogP contribution in [0.2, 0.25) is 0 Å². The normalized spacial score (nSPS) is 11.8. The number of nitrogens with one attached hydrogen (secondary N) is 1. The zero-order chi connectivity index (χ0) is 12.0. The third-order valence-electron chi connectivity index (χ3n) is 2.55. The monoisotopic (exact) mass is 221 g/mol. The Hall–Kier alpha value is -0.860. The van der Waals surface area contributed by atoms with Gasteiger partial charge in [0.05, 0.1) is 6.61 Å². The van der Waals surface area contributed by atoms with Gasteiger partial charge in [-0.25, -0.2) is 0 Å². The van der Waals surface area contributed by atoms with E-state index in [1.165, 1.54) is 12.0 Å². The molecule has 0 unspecified atom stereocenters. The number of hydrogen-bond donors (Lipinski definition) is 2. The summed E-state index contributed by atoms with van der Waals surface area (Å²) in [6.07, 6.45) is 1.17. The molecule has 0 amide bonds. The maximum Gasteiger partial charge on any atom is 0.0681 e. The van der Waals surface area contributed by atoms with Crippen LogP contribution in [0.25, 0.3) is 0 Å². The average molecular weight is 221 g/mol. The lowest BCUT2D eigenvalue weighted by Crippen LogP contribution is -2.20. The average Bonchev–Trinajstić information content (AvgIpc) is 2.23. The minimum atomic E-state index is 0.121. The maximum atomic E-state index is 9.02. The second-order valence-corrected chi connectivity index (χ2v) is 5.47. The van der Waals surface area contributed by atoms with Crippen molar-refractivity contribution >= 4 is 0 Å². The quantitative estimate of drug-likeness (QED) is 0.749. The van der Waals surface area contributed by atoms with E-state index >= 15 is 0 Å². The minimum absolute atomic E-state index is 0.121. The summed E-state index contributed by atoms with van der Waals surface area (Å²) in [5.74, 6) is 0. The van der Waals surface area contributed by atoms with Crippen molar-refractivity contribution in [3.8, 4) is 0 Å². The van der Waals surface area contributed by atoms with Crippen LogP contribution < -0.4 is 5.32 Å². The maximum absolute atomic E-state index is 9.02. The van der Waals surface area contributed by atoms with Gasteiger partial charge in [-0.05, 0) is 29.5 Å². The van der Waals surface area contributed by atoms with Gasteiger partial charge in [0.2, 0.25) is 0 Å². The predicted molar refractivity (Wildman–Crippen MR) is 68.1 cm³/mol. The molecule has 0 aromatic heterocycles. The van der Waals surface area contributed by atoms with Crippen molar-refractivity contribution in [3.05, 3.63) is 35.4 Å². The summed E-state index contributed by atoms with van der Waals surface area (Å²) < 4.78 is 0. The standard InChI is InChI=1S/C14H23NO/c1-14(2,3)7-8-15-10-12-5-4-6-13(9-12)11-16/h4-6,9,15-16H,7-8,10-11H2,1-3H3. The van der Waals surface area contributed by atoms with Gasteiger partial charge in [0.1, 0.15) is 0 Å². The second kappa shape index (κ2) is 6.02. The Morgan fingerprint density at radius 3 is 2.50 bits per heavy atom. The molecule has 0 bridgehead atoms. The van der Waals surface area contributed by atoms with Crippen LogP contribution in [-0.2, 0) is 13.2 Å². The van der Waals surface area contributed by atoms with Gasteiger partial charge in [0, 0.05) is 6.54 Å². The topological polar surface area (TPSA) is 32.3 Å². The molecule has 0 saturated carbocycles. The van der Waals surface area contributed by atoms with Crippen molar-refractivity contribution in [3.63, 3.8) is 0 Å². The van der Waals surface area contributed by atoms with E-state index in [0.29, 0.717) is 5.41 Å². The molecule has 1 aromatic carbocycles. The Balaban J connectivity index is 2.32. The molecule has 0 saturated heterocycles. The first-order valence-electron chi connectivity index (χ1n) is 5.91. The number of rotatable bonds is 5. The van der Waals surface area contributed by atoms with Gasteiger partial charge in [-0.3, -0.25) is 0 Å². The Kier molecular flexibility index (Phi) is 4.97. The minimum Gasteiger partial charge on any atom is -0.392 e. The summed E-state index contributed by atoms with van der Waals surface area (Å²) in [5.41, 5.74) is 2.61. The SMILES string of the molecule is CC(C)(C)CCNCc1cccc(CO)c1. The molecule has 1 aromatic rings. The highest BCUT2D eigenvalue weighted by atomic mass is 16.3. The summed E-state index contributed by atoms with van der Waals surface area (Å²) in [4.78, 5) is 0. The molecule has 0 aliphatic heterocycles. The summed E-state index contributed by atoms with van der Waals surface area (Å²) >= 11 is 0. The van der Waals surface area contributed by atoms with Crippen molar-refractivity contribution in [1.29, 1.82) is 0 Å². The summed E-state index contributed by atoms with van der Waals surface area (Å²) in [6, 6.07) is 8.07. The predicted octanol–water partition coefficient (Wildman–Crippen LogP) is 2.70. The molecule has 0 fully saturated rings. The molecule has 2 nitrogen and oxygen atoms in total. The zero-order valence-electron chi connectivity index (χ0n) is 10.6. The molecule has 16 heavy (non-hydrogen) atoms. The lowest BCUT2D eigenvalue weighted by molar-refractivity contribution is 0.281. The van der Waals surface area contributed by atoms with Gasteiger partial charge < -0.3 is 10.4 Å². The molecule has 1 rings (SSSR count). The Morgan fingerprint density at radius 1 is 1.19 bits per heavy atom. The number of aliphatic hydroxyl groups excluding tert-OH is 1. The fourth-order valence-electron chi connectivity index (χ4n) is 1.53. The summed E-state index contributed by atoms with van der Waals surface area (Å²) in [6.45, 7) is 8.79. The highest BCUT2D eigenvalue weighted by molar-refractivity contribution is 5.22. The van der Waals surface area contributed by atoms with Crippen LogP contribution in [-0.4, -0.2) is 11.7 Å². The molecule has 0 heterocycles. The van der Waals surface area contributed by atoms with E-state index in [1.807, 2.05) is 18.2 Å². The fraction of sp³-hybridized carbons (Fsp3) is 0.571. The van der Waals surface area contributed by atoms with Crippen LogP contribution in [0.3, 0.4) is 0 Å². The van der Waals surface area contributed by atoms with Gasteiger partial charge in [-0.2, -0.15) is 0 Å². The van der Waals surface area contributed by atoms with Crippen molar-refractivity contribution in [2.45, 2.75) is 40.3 Å². The largest absolute Gasteiger partial charge is 0.392 e. The zero-order valence-corrected chi connectivity index (χ0v) is 10.6. The van der Waals surface area contributed by atoms with Crippen molar-refractivity contribution in [1.82, 2.24) is 5.32 Å². The van der Waals surface area contributed by atoms with Gasteiger partial charge in [0.25, 0.3) is 0 Å². The van der Waals surface area contributed by atoms with Crippen LogP contribution in [0, 0.1) is 5.41 Å². The van der Waals surface area contributed by atoms with E-state index in [9.17, 15) is 0 Å². The van der Waals surface area contributed by atoms with E-state index in [0.717, 1.165) is 18.7 Å². The van der Waals surface area contributed by atoms with Gasteiger partial charge in [-0.15, -0.1) is 0 Å². The van der Waals surface area contributed by atoms with Gasteiger partial charge in [-0.1, -0.05) is 45.0 Å². The molecular formula is C14H23NO. The van der Waals surface area contributed by atoms with Gasteiger partial charge >= 0.3 is 0 Å². The molecule has 0 spiro atoms. The molecule has 2 N–H and O–H groups in total.